The van der Waals surface area contributed by atoms with E-state index >= 15 is 0 Å². The third kappa shape index (κ3) is 4.66. The highest BCUT2D eigenvalue weighted by Gasteiger charge is 2.23. The van der Waals surface area contributed by atoms with Crippen LogP contribution in [0.15, 0.2) is 30.3 Å². The van der Waals surface area contributed by atoms with Crippen molar-refractivity contribution in [2.75, 3.05) is 37.6 Å². The molecule has 0 bridgehead atoms. The van der Waals surface area contributed by atoms with Crippen LogP contribution in [-0.2, 0) is 12.8 Å². The van der Waals surface area contributed by atoms with Gasteiger partial charge in [0.15, 0.2) is 0 Å². The summed E-state index contributed by atoms with van der Waals surface area (Å²) >= 11 is 0. The van der Waals surface area contributed by atoms with Crippen LogP contribution in [-0.4, -0.2) is 37.7 Å². The molecule has 28 heavy (non-hydrogen) atoms. The molecule has 3 nitrogen and oxygen atoms in total. The third-order valence-corrected chi connectivity index (χ3v) is 6.24. The van der Waals surface area contributed by atoms with Crippen molar-refractivity contribution in [3.8, 4) is 11.1 Å². The standard InChI is InChI=1S/C23H30FN3.ClH/c1-2-26-13-15-27(16-14-26)23-17-21(18-9-11-19(24)12-10-18)20-7-5-3-4-6-8-22(20)25-23;/h9-12,17H,2-8,13-16H2,1H3;1H. The van der Waals surface area contributed by atoms with Crippen molar-refractivity contribution < 1.29 is 21.7 Å². The molecular formula is C23H31ClFN3. The molecule has 152 valence electrons. The number of quaternary nitrogens is 1. The molecule has 1 aliphatic carbocycles. The van der Waals surface area contributed by atoms with E-state index in [2.05, 4.69) is 17.9 Å². The van der Waals surface area contributed by atoms with Crippen molar-refractivity contribution in [3.63, 3.8) is 0 Å². The van der Waals surface area contributed by atoms with Crippen molar-refractivity contribution >= 4 is 5.82 Å². The lowest BCUT2D eigenvalue weighted by molar-refractivity contribution is -0.898. The minimum absolute atomic E-state index is 0. The predicted octanol–water partition coefficient (Wildman–Crippen LogP) is 0.276. The molecule has 2 aromatic rings. The average molecular weight is 404 g/mol. The van der Waals surface area contributed by atoms with Gasteiger partial charge in [-0.2, -0.15) is 0 Å². The molecule has 1 aromatic heterocycles. The second kappa shape index (κ2) is 9.71. The lowest BCUT2D eigenvalue weighted by Gasteiger charge is -2.33. The van der Waals surface area contributed by atoms with Gasteiger partial charge >= 0.3 is 0 Å². The number of aryl methyl sites for hydroxylation is 1. The van der Waals surface area contributed by atoms with E-state index in [1.807, 2.05) is 12.1 Å². The molecule has 1 saturated heterocycles. The number of likely N-dealkylation sites (N-methyl/N-ethyl adjacent to an activating group) is 1. The quantitative estimate of drug-likeness (QED) is 0.794. The molecule has 0 atom stereocenters. The van der Waals surface area contributed by atoms with Crippen molar-refractivity contribution in [2.45, 2.75) is 45.4 Å². The van der Waals surface area contributed by atoms with Crippen LogP contribution in [0, 0.1) is 5.82 Å². The van der Waals surface area contributed by atoms with E-state index in [0.29, 0.717) is 0 Å². The van der Waals surface area contributed by atoms with Crippen LogP contribution in [0.3, 0.4) is 0 Å². The number of rotatable bonds is 3. The second-order valence-corrected chi connectivity index (χ2v) is 7.96. The number of fused-ring (bicyclic) bond motifs is 1. The summed E-state index contributed by atoms with van der Waals surface area (Å²) < 4.78 is 13.5. The number of nitrogens with one attached hydrogen (secondary N) is 1. The van der Waals surface area contributed by atoms with Crippen LogP contribution >= 0.6 is 0 Å². The number of anilines is 1. The summed E-state index contributed by atoms with van der Waals surface area (Å²) in [4.78, 5) is 9.26. The van der Waals surface area contributed by atoms with Gasteiger partial charge in [0.25, 0.3) is 0 Å². The molecule has 0 spiro atoms. The molecule has 0 saturated carbocycles. The number of hydrogen-bond donors (Lipinski definition) is 1. The Balaban J connectivity index is 0.00000225. The lowest BCUT2D eigenvalue weighted by atomic mass is 9.90. The van der Waals surface area contributed by atoms with E-state index in [0.717, 1.165) is 37.3 Å². The first-order valence-corrected chi connectivity index (χ1v) is 10.6. The van der Waals surface area contributed by atoms with Crippen LogP contribution in [0.4, 0.5) is 10.2 Å². The van der Waals surface area contributed by atoms with Crippen LogP contribution in [0.25, 0.3) is 11.1 Å². The highest BCUT2D eigenvalue weighted by Crippen LogP contribution is 2.33. The Kier molecular flexibility index (Phi) is 7.30. The molecule has 0 unspecified atom stereocenters. The van der Waals surface area contributed by atoms with Gasteiger partial charge in [-0.25, -0.2) is 9.37 Å². The van der Waals surface area contributed by atoms with Gasteiger partial charge in [-0.05, 0) is 67.5 Å². The summed E-state index contributed by atoms with van der Waals surface area (Å²) in [5.41, 5.74) is 5.05. The van der Waals surface area contributed by atoms with Gasteiger partial charge < -0.3 is 22.2 Å². The topological polar surface area (TPSA) is 20.6 Å². The molecule has 2 aliphatic rings. The van der Waals surface area contributed by atoms with Gasteiger partial charge in [-0.15, -0.1) is 0 Å². The van der Waals surface area contributed by atoms with Gasteiger partial charge in [-0.1, -0.05) is 25.0 Å². The van der Waals surface area contributed by atoms with Gasteiger partial charge in [0.05, 0.1) is 32.7 Å². The first-order valence-electron chi connectivity index (χ1n) is 10.6. The Bertz CT molecular complexity index is 770. The normalized spacial score (nSPS) is 18.0. The van der Waals surface area contributed by atoms with Crippen molar-refractivity contribution in [3.05, 3.63) is 47.4 Å². The van der Waals surface area contributed by atoms with Crippen LogP contribution in [0.5, 0.6) is 0 Å². The summed E-state index contributed by atoms with van der Waals surface area (Å²) in [5.74, 6) is 0.943. The molecule has 1 aromatic carbocycles. The average Bonchev–Trinajstić information content (AvgIpc) is 2.69. The van der Waals surface area contributed by atoms with Gasteiger partial charge in [0, 0.05) is 5.69 Å². The summed E-state index contributed by atoms with van der Waals surface area (Å²) in [6.45, 7) is 7.96. The fraction of sp³-hybridized carbons (Fsp3) is 0.522. The van der Waals surface area contributed by atoms with Crippen LogP contribution < -0.4 is 22.2 Å². The Hall–Kier alpha value is -1.65. The van der Waals surface area contributed by atoms with Crippen LogP contribution in [0.2, 0.25) is 0 Å². The monoisotopic (exact) mass is 403 g/mol. The molecule has 4 rings (SSSR count). The molecule has 1 N–H and O–H groups in total. The van der Waals surface area contributed by atoms with E-state index in [9.17, 15) is 4.39 Å². The minimum atomic E-state index is -0.172. The predicted molar refractivity (Wildman–Crippen MR) is 109 cm³/mol. The molecule has 2 heterocycles. The zero-order valence-corrected chi connectivity index (χ0v) is 17.6. The van der Waals surface area contributed by atoms with Crippen molar-refractivity contribution in [2.24, 2.45) is 0 Å². The van der Waals surface area contributed by atoms with Crippen LogP contribution in [0.1, 0.15) is 43.9 Å². The number of benzene rings is 1. The number of piperazine rings is 1. The van der Waals surface area contributed by atoms with E-state index in [1.54, 1.807) is 17.0 Å². The third-order valence-electron chi connectivity index (χ3n) is 6.24. The fourth-order valence-electron chi connectivity index (χ4n) is 4.50. The Morgan fingerprint density at radius 1 is 1.00 bits per heavy atom. The largest absolute Gasteiger partial charge is 1.00 e. The summed E-state index contributed by atoms with van der Waals surface area (Å²) in [6.07, 6.45) is 7.20. The van der Waals surface area contributed by atoms with E-state index < -0.39 is 0 Å². The second-order valence-electron chi connectivity index (χ2n) is 7.96. The molecule has 1 fully saturated rings. The maximum Gasteiger partial charge on any atom is 0.129 e. The zero-order chi connectivity index (χ0) is 18.6. The number of aromatic nitrogens is 1. The van der Waals surface area contributed by atoms with Crippen molar-refractivity contribution in [1.29, 1.82) is 0 Å². The highest BCUT2D eigenvalue weighted by atomic mass is 35.5. The Morgan fingerprint density at radius 3 is 2.36 bits per heavy atom. The SMILES string of the molecule is CC[NH+]1CCN(c2cc(-c3ccc(F)cc3)c3c(n2)CCCCCC3)CC1.[Cl-]. The maximum atomic E-state index is 13.5. The first-order chi connectivity index (χ1) is 13.2. The molecule has 0 amide bonds. The Labute approximate surface area is 174 Å². The molecular weight excluding hydrogens is 373 g/mol. The van der Waals surface area contributed by atoms with Crippen molar-refractivity contribution in [1.82, 2.24) is 4.98 Å². The van der Waals surface area contributed by atoms with Gasteiger partial charge in [-0.3, -0.25) is 0 Å². The maximum absolute atomic E-state index is 13.5. The number of nitrogens with zero attached hydrogens (tertiary/aromatic N) is 2. The van der Waals surface area contributed by atoms with Gasteiger partial charge in [0.2, 0.25) is 0 Å². The molecule has 5 heteroatoms. The zero-order valence-electron chi connectivity index (χ0n) is 16.8. The molecule has 0 radical (unpaired) electrons. The summed E-state index contributed by atoms with van der Waals surface area (Å²) in [5, 5.41) is 0. The van der Waals surface area contributed by atoms with E-state index in [4.69, 9.17) is 4.98 Å². The van der Waals surface area contributed by atoms with Gasteiger partial charge in [0.1, 0.15) is 11.6 Å². The Morgan fingerprint density at radius 2 is 1.68 bits per heavy atom. The number of pyridine rings is 1. The highest BCUT2D eigenvalue weighted by molar-refractivity contribution is 5.71. The summed E-state index contributed by atoms with van der Waals surface area (Å²) in [6, 6.07) is 9.27. The minimum Gasteiger partial charge on any atom is -1.00 e. The first kappa shape index (κ1) is 21.1. The smallest absolute Gasteiger partial charge is 0.129 e. The number of halogens is 2. The fourth-order valence-corrected chi connectivity index (χ4v) is 4.50. The molecule has 1 aliphatic heterocycles. The summed E-state index contributed by atoms with van der Waals surface area (Å²) in [7, 11) is 0. The van der Waals surface area contributed by atoms with E-state index in [1.165, 1.54) is 62.1 Å². The van der Waals surface area contributed by atoms with E-state index in [-0.39, 0.29) is 18.2 Å². The number of hydrogen-bond acceptors (Lipinski definition) is 2. The lowest BCUT2D eigenvalue weighted by Crippen LogP contribution is -3.14.